The third-order valence-corrected chi connectivity index (χ3v) is 3.17. The van der Waals surface area contributed by atoms with Crippen LogP contribution in [0.2, 0.25) is 0 Å². The van der Waals surface area contributed by atoms with Crippen LogP contribution in [0, 0.1) is 19.8 Å². The number of aromatic nitrogens is 1. The summed E-state index contributed by atoms with van der Waals surface area (Å²) in [7, 11) is 0. The Balaban J connectivity index is 2.35. The Morgan fingerprint density at radius 1 is 1.22 bits per heavy atom. The van der Waals surface area contributed by atoms with E-state index in [9.17, 15) is 0 Å². The zero-order valence-corrected chi connectivity index (χ0v) is 11.4. The molecule has 0 saturated heterocycles. The summed E-state index contributed by atoms with van der Waals surface area (Å²) in [6, 6.07) is 6.13. The van der Waals surface area contributed by atoms with Crippen LogP contribution in [0.4, 0.5) is 0 Å². The van der Waals surface area contributed by atoms with Gasteiger partial charge in [-0.1, -0.05) is 37.6 Å². The van der Waals surface area contributed by atoms with Crippen LogP contribution in [0.3, 0.4) is 0 Å². The first-order valence-corrected chi connectivity index (χ1v) is 6.28. The lowest BCUT2D eigenvalue weighted by molar-refractivity contribution is 0.394. The SMILES string of the molecule is Cc1ccc(-c2cnc(C(N)C(C)C)o2)c(C)c1. The molecule has 1 aromatic heterocycles. The second-order valence-corrected chi connectivity index (χ2v) is 5.15. The van der Waals surface area contributed by atoms with E-state index < -0.39 is 0 Å². The van der Waals surface area contributed by atoms with Crippen molar-refractivity contribution >= 4 is 0 Å². The van der Waals surface area contributed by atoms with Crippen molar-refractivity contribution in [1.82, 2.24) is 4.98 Å². The summed E-state index contributed by atoms with van der Waals surface area (Å²) in [4.78, 5) is 4.29. The number of hydrogen-bond donors (Lipinski definition) is 1. The van der Waals surface area contributed by atoms with Crippen LogP contribution >= 0.6 is 0 Å². The van der Waals surface area contributed by atoms with E-state index in [1.165, 1.54) is 11.1 Å². The minimum absolute atomic E-state index is 0.149. The summed E-state index contributed by atoms with van der Waals surface area (Å²) in [5.41, 5.74) is 9.55. The Bertz CT molecular complexity index is 543. The molecule has 2 aromatic rings. The molecule has 0 aliphatic heterocycles. The molecule has 0 amide bonds. The van der Waals surface area contributed by atoms with Crippen LogP contribution in [0.15, 0.2) is 28.8 Å². The highest BCUT2D eigenvalue weighted by Gasteiger charge is 2.17. The van der Waals surface area contributed by atoms with Crippen molar-refractivity contribution in [3.63, 3.8) is 0 Å². The largest absolute Gasteiger partial charge is 0.439 e. The fraction of sp³-hybridized carbons (Fsp3) is 0.400. The van der Waals surface area contributed by atoms with E-state index in [4.69, 9.17) is 10.2 Å². The van der Waals surface area contributed by atoms with Crippen LogP contribution in [-0.4, -0.2) is 4.98 Å². The fourth-order valence-electron chi connectivity index (χ4n) is 1.94. The Kier molecular flexibility index (Phi) is 3.53. The molecule has 3 heteroatoms. The molecule has 1 aromatic carbocycles. The van der Waals surface area contributed by atoms with Crippen molar-refractivity contribution in [2.24, 2.45) is 11.7 Å². The third kappa shape index (κ3) is 2.46. The summed E-state index contributed by atoms with van der Waals surface area (Å²) in [5.74, 6) is 1.72. The van der Waals surface area contributed by atoms with Gasteiger partial charge in [-0.2, -0.15) is 0 Å². The van der Waals surface area contributed by atoms with Gasteiger partial charge in [0.25, 0.3) is 0 Å². The number of nitrogens with two attached hydrogens (primary N) is 1. The second kappa shape index (κ2) is 4.94. The molecule has 1 heterocycles. The molecule has 0 fully saturated rings. The van der Waals surface area contributed by atoms with Gasteiger partial charge >= 0.3 is 0 Å². The first-order chi connectivity index (χ1) is 8.49. The maximum absolute atomic E-state index is 6.04. The summed E-state index contributed by atoms with van der Waals surface area (Å²) < 4.78 is 5.78. The van der Waals surface area contributed by atoms with Gasteiger partial charge in [0.1, 0.15) is 0 Å². The van der Waals surface area contributed by atoms with E-state index in [0.29, 0.717) is 11.8 Å². The van der Waals surface area contributed by atoms with E-state index in [0.717, 1.165) is 11.3 Å². The first-order valence-electron chi connectivity index (χ1n) is 6.28. The van der Waals surface area contributed by atoms with E-state index in [-0.39, 0.29) is 6.04 Å². The minimum atomic E-state index is -0.149. The van der Waals surface area contributed by atoms with Crippen molar-refractivity contribution in [2.75, 3.05) is 0 Å². The molecule has 2 rings (SSSR count). The molecule has 0 radical (unpaired) electrons. The highest BCUT2D eigenvalue weighted by molar-refractivity contribution is 5.61. The molecule has 0 aliphatic rings. The minimum Gasteiger partial charge on any atom is -0.439 e. The molecule has 2 N–H and O–H groups in total. The number of benzene rings is 1. The Morgan fingerprint density at radius 2 is 1.94 bits per heavy atom. The van der Waals surface area contributed by atoms with Crippen molar-refractivity contribution in [1.29, 1.82) is 0 Å². The van der Waals surface area contributed by atoms with E-state index in [2.05, 4.69) is 50.9 Å². The molecule has 0 aliphatic carbocycles. The van der Waals surface area contributed by atoms with Crippen LogP contribution in [0.25, 0.3) is 11.3 Å². The molecule has 18 heavy (non-hydrogen) atoms. The van der Waals surface area contributed by atoms with Gasteiger partial charge in [-0.25, -0.2) is 4.98 Å². The molecule has 1 atom stereocenters. The number of hydrogen-bond acceptors (Lipinski definition) is 3. The average Bonchev–Trinajstić information content (AvgIpc) is 2.77. The van der Waals surface area contributed by atoms with Gasteiger partial charge in [-0.05, 0) is 25.3 Å². The quantitative estimate of drug-likeness (QED) is 0.897. The number of rotatable bonds is 3. The van der Waals surface area contributed by atoms with Crippen molar-refractivity contribution in [2.45, 2.75) is 33.7 Å². The molecule has 0 bridgehead atoms. The lowest BCUT2D eigenvalue weighted by Gasteiger charge is -2.10. The zero-order chi connectivity index (χ0) is 13.3. The molecule has 0 saturated carbocycles. The van der Waals surface area contributed by atoms with Crippen LogP contribution < -0.4 is 5.73 Å². The predicted octanol–water partition coefficient (Wildman–Crippen LogP) is 3.61. The van der Waals surface area contributed by atoms with Crippen molar-refractivity contribution in [3.8, 4) is 11.3 Å². The number of aryl methyl sites for hydroxylation is 2. The van der Waals surface area contributed by atoms with Gasteiger partial charge in [-0.3, -0.25) is 0 Å². The number of oxazole rings is 1. The average molecular weight is 244 g/mol. The van der Waals surface area contributed by atoms with Crippen LogP contribution in [0.1, 0.15) is 36.9 Å². The van der Waals surface area contributed by atoms with Gasteiger partial charge in [0, 0.05) is 5.56 Å². The maximum Gasteiger partial charge on any atom is 0.212 e. The van der Waals surface area contributed by atoms with E-state index >= 15 is 0 Å². The highest BCUT2D eigenvalue weighted by atomic mass is 16.4. The van der Waals surface area contributed by atoms with Crippen molar-refractivity contribution in [3.05, 3.63) is 41.4 Å². The van der Waals surface area contributed by atoms with Gasteiger partial charge in [0.05, 0.1) is 12.2 Å². The zero-order valence-electron chi connectivity index (χ0n) is 11.4. The molecule has 1 unspecified atom stereocenters. The molecular formula is C15H20N2O. The third-order valence-electron chi connectivity index (χ3n) is 3.17. The predicted molar refractivity (Wildman–Crippen MR) is 73.2 cm³/mol. The fourth-order valence-corrected chi connectivity index (χ4v) is 1.94. The number of nitrogens with zero attached hydrogens (tertiary/aromatic N) is 1. The highest BCUT2D eigenvalue weighted by Crippen LogP contribution is 2.27. The first kappa shape index (κ1) is 12.8. The van der Waals surface area contributed by atoms with Gasteiger partial charge in [0.15, 0.2) is 5.76 Å². The lowest BCUT2D eigenvalue weighted by atomic mass is 10.0. The normalized spacial score (nSPS) is 13.0. The van der Waals surface area contributed by atoms with Crippen LogP contribution in [0.5, 0.6) is 0 Å². The monoisotopic (exact) mass is 244 g/mol. The lowest BCUT2D eigenvalue weighted by Crippen LogP contribution is -2.16. The standard InChI is InChI=1S/C15H20N2O/c1-9(2)14(16)15-17-8-13(18-15)12-6-5-10(3)7-11(12)4/h5-9,14H,16H2,1-4H3. The molecule has 96 valence electrons. The summed E-state index contributed by atoms with van der Waals surface area (Å²) in [5, 5.41) is 0. The molecule has 0 spiro atoms. The Morgan fingerprint density at radius 3 is 2.56 bits per heavy atom. The summed E-state index contributed by atoms with van der Waals surface area (Å²) >= 11 is 0. The topological polar surface area (TPSA) is 52.0 Å². The smallest absolute Gasteiger partial charge is 0.212 e. The van der Waals surface area contributed by atoms with Gasteiger partial charge in [-0.15, -0.1) is 0 Å². The Hall–Kier alpha value is -1.61. The van der Waals surface area contributed by atoms with Gasteiger partial charge in [0.2, 0.25) is 5.89 Å². The van der Waals surface area contributed by atoms with Crippen LogP contribution in [-0.2, 0) is 0 Å². The van der Waals surface area contributed by atoms with Gasteiger partial charge < -0.3 is 10.2 Å². The Labute approximate surface area is 108 Å². The van der Waals surface area contributed by atoms with E-state index in [1.807, 2.05) is 0 Å². The molecule has 3 nitrogen and oxygen atoms in total. The second-order valence-electron chi connectivity index (χ2n) is 5.15. The van der Waals surface area contributed by atoms with Crippen molar-refractivity contribution < 1.29 is 4.42 Å². The summed E-state index contributed by atoms with van der Waals surface area (Å²) in [6.45, 7) is 8.28. The van der Waals surface area contributed by atoms with E-state index in [1.54, 1.807) is 6.20 Å². The molecular weight excluding hydrogens is 224 g/mol. The maximum atomic E-state index is 6.04. The summed E-state index contributed by atoms with van der Waals surface area (Å²) in [6.07, 6.45) is 1.76.